The molecule has 2 amide bonds. The highest BCUT2D eigenvalue weighted by molar-refractivity contribution is 5.75. The minimum absolute atomic E-state index is 0.0997. The maximum absolute atomic E-state index is 11.8. The lowest BCUT2D eigenvalue weighted by Crippen LogP contribution is -2.49. The van der Waals surface area contributed by atoms with Crippen LogP contribution < -0.4 is 11.1 Å². The molecule has 0 aromatic carbocycles. The lowest BCUT2D eigenvalue weighted by molar-refractivity contribution is 0.185. The number of nitrogens with one attached hydrogen (secondary N) is 1. The molecule has 14 heavy (non-hydrogen) atoms. The topological polar surface area (TPSA) is 58.4 Å². The summed E-state index contributed by atoms with van der Waals surface area (Å²) in [7, 11) is 0. The highest BCUT2D eigenvalue weighted by Gasteiger charge is 2.33. The van der Waals surface area contributed by atoms with E-state index in [0.29, 0.717) is 25.2 Å². The molecule has 0 aromatic rings. The summed E-state index contributed by atoms with van der Waals surface area (Å²) in [6, 6.07) is 1.00. The molecular formula is C10H19N3O. The number of amides is 2. The van der Waals surface area contributed by atoms with E-state index >= 15 is 0 Å². The number of urea groups is 1. The van der Waals surface area contributed by atoms with Crippen LogP contribution in [0.3, 0.4) is 0 Å². The Morgan fingerprint density at radius 1 is 1.36 bits per heavy atom. The standard InChI is InChI=1S/C10H19N3O/c11-6-7-13(9-4-5-9)10(14)12-8-2-1-3-8/h8-9H,1-7,11H2,(H,12,14). The van der Waals surface area contributed by atoms with E-state index in [0.717, 1.165) is 25.7 Å². The van der Waals surface area contributed by atoms with E-state index in [1.807, 2.05) is 4.90 Å². The molecule has 0 atom stereocenters. The van der Waals surface area contributed by atoms with Gasteiger partial charge in [-0.05, 0) is 32.1 Å². The molecule has 2 rings (SSSR count). The molecule has 0 saturated heterocycles. The second-order valence-electron chi connectivity index (χ2n) is 4.29. The zero-order valence-corrected chi connectivity index (χ0v) is 8.54. The molecule has 0 unspecified atom stereocenters. The third kappa shape index (κ3) is 2.18. The fraction of sp³-hybridized carbons (Fsp3) is 0.900. The van der Waals surface area contributed by atoms with Crippen LogP contribution >= 0.6 is 0 Å². The molecule has 2 aliphatic carbocycles. The molecule has 0 spiro atoms. The van der Waals surface area contributed by atoms with E-state index in [1.165, 1.54) is 6.42 Å². The van der Waals surface area contributed by atoms with Gasteiger partial charge in [0.2, 0.25) is 0 Å². The molecule has 2 aliphatic rings. The van der Waals surface area contributed by atoms with E-state index < -0.39 is 0 Å². The van der Waals surface area contributed by atoms with Crippen LogP contribution in [0, 0.1) is 0 Å². The highest BCUT2D eigenvalue weighted by atomic mass is 16.2. The Kier molecular flexibility index (Phi) is 2.91. The maximum atomic E-state index is 11.8. The van der Waals surface area contributed by atoms with Crippen molar-refractivity contribution in [2.45, 2.75) is 44.2 Å². The third-order valence-electron chi connectivity index (χ3n) is 3.05. The molecule has 0 aromatic heterocycles. The number of carbonyl (C=O) groups excluding carboxylic acids is 1. The van der Waals surface area contributed by atoms with Crippen molar-refractivity contribution >= 4 is 6.03 Å². The summed E-state index contributed by atoms with van der Waals surface area (Å²) in [5, 5.41) is 3.05. The summed E-state index contributed by atoms with van der Waals surface area (Å²) in [4.78, 5) is 13.7. The van der Waals surface area contributed by atoms with Crippen LogP contribution in [0.15, 0.2) is 0 Å². The first-order valence-corrected chi connectivity index (χ1v) is 5.58. The van der Waals surface area contributed by atoms with Gasteiger partial charge in [-0.2, -0.15) is 0 Å². The van der Waals surface area contributed by atoms with Crippen molar-refractivity contribution in [1.29, 1.82) is 0 Å². The molecular weight excluding hydrogens is 178 g/mol. The van der Waals surface area contributed by atoms with Crippen molar-refractivity contribution in [3.8, 4) is 0 Å². The number of rotatable bonds is 4. The van der Waals surface area contributed by atoms with Gasteiger partial charge in [0.05, 0.1) is 0 Å². The van der Waals surface area contributed by atoms with E-state index in [-0.39, 0.29) is 6.03 Å². The summed E-state index contributed by atoms with van der Waals surface area (Å²) < 4.78 is 0. The van der Waals surface area contributed by atoms with Gasteiger partial charge in [-0.1, -0.05) is 0 Å². The largest absolute Gasteiger partial charge is 0.335 e. The SMILES string of the molecule is NCCN(C(=O)NC1CCC1)C1CC1. The molecule has 3 N–H and O–H groups in total. The van der Waals surface area contributed by atoms with E-state index in [9.17, 15) is 4.79 Å². The Hall–Kier alpha value is -0.770. The molecule has 4 heteroatoms. The van der Waals surface area contributed by atoms with E-state index in [4.69, 9.17) is 5.73 Å². The summed E-state index contributed by atoms with van der Waals surface area (Å²) in [6.45, 7) is 1.26. The molecule has 0 aliphatic heterocycles. The van der Waals surface area contributed by atoms with Gasteiger partial charge in [-0.25, -0.2) is 4.79 Å². The normalized spacial score (nSPS) is 21.5. The van der Waals surface area contributed by atoms with Gasteiger partial charge in [0.25, 0.3) is 0 Å². The van der Waals surface area contributed by atoms with Crippen LogP contribution in [0.2, 0.25) is 0 Å². The zero-order valence-electron chi connectivity index (χ0n) is 8.54. The van der Waals surface area contributed by atoms with Crippen LogP contribution in [0.1, 0.15) is 32.1 Å². The van der Waals surface area contributed by atoms with Gasteiger partial charge in [0, 0.05) is 25.2 Å². The number of nitrogens with zero attached hydrogens (tertiary/aromatic N) is 1. The molecule has 0 heterocycles. The maximum Gasteiger partial charge on any atom is 0.317 e. The molecule has 0 bridgehead atoms. The Bertz CT molecular complexity index is 211. The predicted octanol–water partition coefficient (Wildman–Crippen LogP) is 0.672. The average Bonchev–Trinajstić information content (AvgIpc) is 2.90. The van der Waals surface area contributed by atoms with Crippen LogP contribution in [0.4, 0.5) is 4.79 Å². The van der Waals surface area contributed by atoms with Crippen molar-refractivity contribution < 1.29 is 4.79 Å². The monoisotopic (exact) mass is 197 g/mol. The first kappa shape index (κ1) is 9.77. The van der Waals surface area contributed by atoms with Gasteiger partial charge < -0.3 is 16.0 Å². The first-order chi connectivity index (χ1) is 6.81. The van der Waals surface area contributed by atoms with Crippen LogP contribution in [-0.4, -0.2) is 36.1 Å². The molecule has 80 valence electrons. The van der Waals surface area contributed by atoms with Crippen LogP contribution in [0.5, 0.6) is 0 Å². The van der Waals surface area contributed by atoms with Crippen LogP contribution in [0.25, 0.3) is 0 Å². The third-order valence-corrected chi connectivity index (χ3v) is 3.05. The van der Waals surface area contributed by atoms with Gasteiger partial charge in [0.15, 0.2) is 0 Å². The molecule has 0 radical (unpaired) electrons. The van der Waals surface area contributed by atoms with Crippen molar-refractivity contribution in [3.63, 3.8) is 0 Å². The minimum atomic E-state index is 0.0997. The summed E-state index contributed by atoms with van der Waals surface area (Å²) in [5.74, 6) is 0. The number of hydrogen-bond acceptors (Lipinski definition) is 2. The Morgan fingerprint density at radius 3 is 2.50 bits per heavy atom. The number of hydrogen-bond donors (Lipinski definition) is 2. The summed E-state index contributed by atoms with van der Waals surface area (Å²) in [6.07, 6.45) is 5.85. The Balaban J connectivity index is 1.79. The van der Waals surface area contributed by atoms with Gasteiger partial charge >= 0.3 is 6.03 Å². The predicted molar refractivity (Wildman–Crippen MR) is 55.0 cm³/mol. The van der Waals surface area contributed by atoms with Gasteiger partial charge in [-0.3, -0.25) is 0 Å². The lowest BCUT2D eigenvalue weighted by atomic mass is 9.93. The van der Waals surface area contributed by atoms with Gasteiger partial charge in [0.1, 0.15) is 0 Å². The second kappa shape index (κ2) is 4.17. The smallest absolute Gasteiger partial charge is 0.317 e. The average molecular weight is 197 g/mol. The molecule has 2 fully saturated rings. The van der Waals surface area contributed by atoms with Crippen molar-refractivity contribution in [1.82, 2.24) is 10.2 Å². The van der Waals surface area contributed by atoms with Gasteiger partial charge in [-0.15, -0.1) is 0 Å². The van der Waals surface area contributed by atoms with E-state index in [1.54, 1.807) is 0 Å². The Morgan fingerprint density at radius 2 is 2.07 bits per heavy atom. The molecule has 2 saturated carbocycles. The fourth-order valence-electron chi connectivity index (χ4n) is 1.79. The van der Waals surface area contributed by atoms with Crippen molar-refractivity contribution in [2.75, 3.05) is 13.1 Å². The lowest BCUT2D eigenvalue weighted by Gasteiger charge is -2.30. The minimum Gasteiger partial charge on any atom is -0.335 e. The summed E-state index contributed by atoms with van der Waals surface area (Å²) in [5.41, 5.74) is 5.49. The second-order valence-corrected chi connectivity index (χ2v) is 4.29. The fourth-order valence-corrected chi connectivity index (χ4v) is 1.79. The van der Waals surface area contributed by atoms with Crippen LogP contribution in [-0.2, 0) is 0 Å². The van der Waals surface area contributed by atoms with Crippen molar-refractivity contribution in [2.24, 2.45) is 5.73 Å². The number of nitrogens with two attached hydrogens (primary N) is 1. The molecule has 4 nitrogen and oxygen atoms in total. The number of carbonyl (C=O) groups is 1. The van der Waals surface area contributed by atoms with Crippen molar-refractivity contribution in [3.05, 3.63) is 0 Å². The zero-order chi connectivity index (χ0) is 9.97. The quantitative estimate of drug-likeness (QED) is 0.696. The summed E-state index contributed by atoms with van der Waals surface area (Å²) >= 11 is 0. The van der Waals surface area contributed by atoms with E-state index in [2.05, 4.69) is 5.32 Å². The first-order valence-electron chi connectivity index (χ1n) is 5.58. The Labute approximate surface area is 84.8 Å². The highest BCUT2D eigenvalue weighted by Crippen LogP contribution is 2.27.